The minimum absolute atomic E-state index is 0.399. The SMILES string of the molecule is COC(=O)C12CCCO[P+]1([O-])OCCC2. The molecule has 0 aromatic heterocycles. The maximum Gasteiger partial charge on any atom is 0.355 e. The topological polar surface area (TPSA) is 67.8 Å². The fourth-order valence-corrected chi connectivity index (χ4v) is 4.77. The Balaban J connectivity index is 2.32. The molecule has 6 heteroatoms. The van der Waals surface area contributed by atoms with Crippen molar-refractivity contribution in [1.29, 1.82) is 0 Å². The van der Waals surface area contributed by atoms with Crippen molar-refractivity contribution in [2.24, 2.45) is 0 Å². The van der Waals surface area contributed by atoms with Crippen LogP contribution < -0.4 is 4.89 Å². The van der Waals surface area contributed by atoms with Crippen molar-refractivity contribution in [1.82, 2.24) is 0 Å². The van der Waals surface area contributed by atoms with Gasteiger partial charge in [-0.2, -0.15) is 0 Å². The van der Waals surface area contributed by atoms with Crippen LogP contribution in [0.15, 0.2) is 0 Å². The highest BCUT2D eigenvalue weighted by Gasteiger charge is 2.65. The summed E-state index contributed by atoms with van der Waals surface area (Å²) in [6, 6.07) is 0. The first kappa shape index (κ1) is 11.3. The van der Waals surface area contributed by atoms with E-state index in [1.54, 1.807) is 0 Å². The largest absolute Gasteiger partial charge is 0.631 e. The van der Waals surface area contributed by atoms with E-state index in [0.717, 1.165) is 12.8 Å². The Hall–Kier alpha value is -0.220. The molecule has 0 saturated carbocycles. The lowest BCUT2D eigenvalue weighted by Gasteiger charge is -2.47. The Kier molecular flexibility index (Phi) is 2.99. The molecule has 0 atom stereocenters. The number of methoxy groups -OCH3 is 1. The Morgan fingerprint density at radius 1 is 1.33 bits per heavy atom. The molecule has 0 N–H and O–H groups in total. The Bertz CT molecular complexity index is 255. The zero-order valence-electron chi connectivity index (χ0n) is 8.73. The van der Waals surface area contributed by atoms with Crippen LogP contribution in [0.2, 0.25) is 0 Å². The summed E-state index contributed by atoms with van der Waals surface area (Å²) in [6.45, 7) is 0.798. The van der Waals surface area contributed by atoms with Crippen molar-refractivity contribution in [3.8, 4) is 0 Å². The fraction of sp³-hybridized carbons (Fsp3) is 0.889. The van der Waals surface area contributed by atoms with Crippen LogP contribution in [0.25, 0.3) is 0 Å². The fourth-order valence-electron chi connectivity index (χ4n) is 2.29. The minimum atomic E-state index is -3.30. The number of rotatable bonds is 1. The van der Waals surface area contributed by atoms with Gasteiger partial charge in [0.15, 0.2) is 0 Å². The molecule has 15 heavy (non-hydrogen) atoms. The summed E-state index contributed by atoms with van der Waals surface area (Å²) >= 11 is 0. The third kappa shape index (κ3) is 1.58. The Labute approximate surface area is 89.3 Å². The number of esters is 1. The average molecular weight is 234 g/mol. The smallest absolute Gasteiger partial charge is 0.355 e. The van der Waals surface area contributed by atoms with Gasteiger partial charge in [-0.25, -0.2) is 13.8 Å². The van der Waals surface area contributed by atoms with Crippen molar-refractivity contribution in [2.45, 2.75) is 30.8 Å². The molecule has 86 valence electrons. The lowest BCUT2D eigenvalue weighted by molar-refractivity contribution is -0.235. The molecule has 2 heterocycles. The van der Waals surface area contributed by atoms with Gasteiger partial charge >= 0.3 is 5.97 Å². The molecule has 2 fully saturated rings. The summed E-state index contributed by atoms with van der Waals surface area (Å²) in [5, 5.41) is -1.03. The van der Waals surface area contributed by atoms with Gasteiger partial charge in [-0.3, -0.25) is 0 Å². The first-order chi connectivity index (χ1) is 7.15. The van der Waals surface area contributed by atoms with Gasteiger partial charge in [0.2, 0.25) is 5.16 Å². The molecule has 0 radical (unpaired) electrons. The van der Waals surface area contributed by atoms with Crippen LogP contribution in [-0.4, -0.2) is 31.4 Å². The van der Waals surface area contributed by atoms with Gasteiger partial charge in [0.25, 0.3) is 7.94 Å². The van der Waals surface area contributed by atoms with E-state index < -0.39 is 19.1 Å². The van der Waals surface area contributed by atoms with Crippen LogP contribution in [0, 0.1) is 0 Å². The summed E-state index contributed by atoms with van der Waals surface area (Å²) in [7, 11) is -1.99. The summed E-state index contributed by atoms with van der Waals surface area (Å²) < 4.78 is 15.2. The highest BCUT2D eigenvalue weighted by Crippen LogP contribution is 2.71. The van der Waals surface area contributed by atoms with Gasteiger partial charge in [0, 0.05) is 12.8 Å². The Morgan fingerprint density at radius 3 is 2.33 bits per heavy atom. The maximum absolute atomic E-state index is 12.4. The molecule has 2 rings (SSSR count). The van der Waals surface area contributed by atoms with E-state index in [1.807, 2.05) is 0 Å². The zero-order chi connectivity index (χ0) is 10.9. The third-order valence-electron chi connectivity index (χ3n) is 3.08. The highest BCUT2D eigenvalue weighted by atomic mass is 31.2. The predicted molar refractivity (Wildman–Crippen MR) is 52.0 cm³/mol. The molecule has 0 bridgehead atoms. The van der Waals surface area contributed by atoms with Crippen molar-refractivity contribution < 1.29 is 23.5 Å². The quantitative estimate of drug-likeness (QED) is 0.492. The molecule has 0 unspecified atom stereocenters. The van der Waals surface area contributed by atoms with Crippen LogP contribution in [0.5, 0.6) is 0 Å². The molecular formula is C9H15O5P. The van der Waals surface area contributed by atoms with E-state index in [4.69, 9.17) is 13.8 Å². The van der Waals surface area contributed by atoms with Gasteiger partial charge in [-0.15, -0.1) is 0 Å². The molecule has 0 amide bonds. The highest BCUT2D eigenvalue weighted by molar-refractivity contribution is 7.62. The normalized spacial score (nSPS) is 40.7. The van der Waals surface area contributed by atoms with Gasteiger partial charge in [0.1, 0.15) is 0 Å². The van der Waals surface area contributed by atoms with Crippen molar-refractivity contribution in [3.63, 3.8) is 0 Å². The van der Waals surface area contributed by atoms with E-state index in [1.165, 1.54) is 7.11 Å². The molecule has 5 nitrogen and oxygen atoms in total. The van der Waals surface area contributed by atoms with Gasteiger partial charge in [0.05, 0.1) is 20.3 Å². The Morgan fingerprint density at radius 2 is 1.87 bits per heavy atom. The third-order valence-corrected chi connectivity index (χ3v) is 5.80. The summed E-state index contributed by atoms with van der Waals surface area (Å²) in [6.07, 6.45) is 2.53. The van der Waals surface area contributed by atoms with Crippen LogP contribution >= 0.6 is 7.94 Å². The van der Waals surface area contributed by atoms with E-state index in [2.05, 4.69) is 0 Å². The molecule has 0 aromatic rings. The number of hydrogen-bond acceptors (Lipinski definition) is 5. The van der Waals surface area contributed by atoms with E-state index in [-0.39, 0.29) is 0 Å². The van der Waals surface area contributed by atoms with Crippen molar-refractivity contribution in [3.05, 3.63) is 0 Å². The maximum atomic E-state index is 12.4. The zero-order valence-corrected chi connectivity index (χ0v) is 9.63. The number of fused-ring (bicyclic) bond motifs is 1. The van der Waals surface area contributed by atoms with E-state index in [0.29, 0.717) is 26.1 Å². The average Bonchev–Trinajstić information content (AvgIpc) is 2.27. The number of carbonyl (C=O) groups excluding carboxylic acids is 1. The minimum Gasteiger partial charge on any atom is -0.631 e. The van der Waals surface area contributed by atoms with Crippen LogP contribution in [0.4, 0.5) is 0 Å². The predicted octanol–water partition coefficient (Wildman–Crippen LogP) is 0.642. The second-order valence-corrected chi connectivity index (χ2v) is 6.26. The molecule has 2 aliphatic heterocycles. The molecule has 0 aliphatic carbocycles. The number of hydrogen-bond donors (Lipinski definition) is 0. The van der Waals surface area contributed by atoms with E-state index >= 15 is 0 Å². The van der Waals surface area contributed by atoms with Crippen molar-refractivity contribution in [2.75, 3.05) is 20.3 Å². The van der Waals surface area contributed by atoms with Gasteiger partial charge in [-0.05, 0) is 12.8 Å². The summed E-state index contributed by atoms with van der Waals surface area (Å²) in [4.78, 5) is 24.2. The molecule has 0 spiro atoms. The second-order valence-electron chi connectivity index (χ2n) is 3.89. The van der Waals surface area contributed by atoms with E-state index in [9.17, 15) is 9.69 Å². The molecule has 2 aliphatic rings. The number of carbonyl (C=O) groups is 1. The second kappa shape index (κ2) is 3.98. The molecule has 2 saturated heterocycles. The lowest BCUT2D eigenvalue weighted by Crippen LogP contribution is -2.52. The first-order valence-electron chi connectivity index (χ1n) is 5.12. The lowest BCUT2D eigenvalue weighted by atomic mass is 9.96. The summed E-state index contributed by atoms with van der Waals surface area (Å²) in [5.41, 5.74) is 0. The molecular weight excluding hydrogens is 219 g/mol. The van der Waals surface area contributed by atoms with Gasteiger partial charge in [-0.1, -0.05) is 0 Å². The van der Waals surface area contributed by atoms with Crippen LogP contribution in [0.3, 0.4) is 0 Å². The van der Waals surface area contributed by atoms with Crippen molar-refractivity contribution >= 4 is 13.9 Å². The standard InChI is InChI=1S/C9H15O5P/c1-12-8(10)9-4-2-6-13-15(9,11)14-7-3-5-9/h2-7H2,1H3. The number of ether oxygens (including phenoxy) is 1. The molecule has 0 aromatic carbocycles. The monoisotopic (exact) mass is 234 g/mol. The van der Waals surface area contributed by atoms with Crippen LogP contribution in [0.1, 0.15) is 25.7 Å². The first-order valence-corrected chi connectivity index (χ1v) is 6.66. The van der Waals surface area contributed by atoms with Gasteiger partial charge < -0.3 is 9.63 Å². The van der Waals surface area contributed by atoms with Crippen LogP contribution in [-0.2, 0) is 18.6 Å². The summed E-state index contributed by atoms with van der Waals surface area (Å²) in [5.74, 6) is -0.453.